The highest BCUT2D eigenvalue weighted by atomic mass is 35.5. The van der Waals surface area contributed by atoms with Crippen molar-refractivity contribution in [2.24, 2.45) is 0 Å². The second-order valence-corrected chi connectivity index (χ2v) is 6.48. The Kier molecular flexibility index (Phi) is 8.19. The van der Waals surface area contributed by atoms with Crippen LogP contribution < -0.4 is 10.6 Å². The SMILES string of the molecule is Cl.O=C(CCc1ccc2ccccc2c1)NCCCN1CCNCC1. The minimum Gasteiger partial charge on any atom is -0.356 e. The molecule has 0 spiro atoms. The monoisotopic (exact) mass is 361 g/mol. The molecule has 25 heavy (non-hydrogen) atoms. The second-order valence-electron chi connectivity index (χ2n) is 6.48. The molecule has 3 rings (SSSR count). The highest BCUT2D eigenvalue weighted by molar-refractivity contribution is 5.85. The summed E-state index contributed by atoms with van der Waals surface area (Å²) in [4.78, 5) is 14.5. The van der Waals surface area contributed by atoms with Gasteiger partial charge in [0.05, 0.1) is 0 Å². The first-order valence-electron chi connectivity index (χ1n) is 8.99. The summed E-state index contributed by atoms with van der Waals surface area (Å²) < 4.78 is 0. The fraction of sp³-hybridized carbons (Fsp3) is 0.450. The Balaban J connectivity index is 0.00000225. The van der Waals surface area contributed by atoms with Crippen molar-refractivity contribution < 1.29 is 4.79 Å². The molecule has 5 heteroatoms. The summed E-state index contributed by atoms with van der Waals surface area (Å²) in [6, 6.07) is 14.8. The Morgan fingerprint density at radius 1 is 1.08 bits per heavy atom. The lowest BCUT2D eigenvalue weighted by molar-refractivity contribution is -0.121. The van der Waals surface area contributed by atoms with E-state index in [9.17, 15) is 4.79 Å². The molecule has 2 N–H and O–H groups in total. The second kappa shape index (κ2) is 10.4. The van der Waals surface area contributed by atoms with Gasteiger partial charge in [0.25, 0.3) is 0 Å². The van der Waals surface area contributed by atoms with Gasteiger partial charge in [0.2, 0.25) is 5.91 Å². The summed E-state index contributed by atoms with van der Waals surface area (Å²) in [7, 11) is 0. The Labute approximate surface area is 156 Å². The molecule has 0 unspecified atom stereocenters. The number of halogens is 1. The van der Waals surface area contributed by atoms with Crippen molar-refractivity contribution >= 4 is 29.1 Å². The average Bonchev–Trinajstić information content (AvgIpc) is 2.64. The normalized spacial score (nSPS) is 14.9. The van der Waals surface area contributed by atoms with E-state index in [0.29, 0.717) is 6.42 Å². The van der Waals surface area contributed by atoms with Crippen molar-refractivity contribution in [1.29, 1.82) is 0 Å². The number of amides is 1. The number of piperazine rings is 1. The molecule has 2 aromatic carbocycles. The minimum absolute atomic E-state index is 0. The number of carbonyl (C=O) groups excluding carboxylic acids is 1. The summed E-state index contributed by atoms with van der Waals surface area (Å²) >= 11 is 0. The molecule has 4 nitrogen and oxygen atoms in total. The quantitative estimate of drug-likeness (QED) is 0.745. The maximum absolute atomic E-state index is 12.0. The molecule has 1 heterocycles. The van der Waals surface area contributed by atoms with Crippen molar-refractivity contribution in [2.75, 3.05) is 39.3 Å². The minimum atomic E-state index is 0. The van der Waals surface area contributed by atoms with Crippen LogP contribution in [0.1, 0.15) is 18.4 Å². The van der Waals surface area contributed by atoms with Gasteiger partial charge in [0, 0.05) is 39.1 Å². The van der Waals surface area contributed by atoms with E-state index in [1.54, 1.807) is 0 Å². The number of nitrogens with zero attached hydrogens (tertiary/aromatic N) is 1. The molecule has 1 fully saturated rings. The fourth-order valence-corrected chi connectivity index (χ4v) is 3.21. The number of hydrogen-bond acceptors (Lipinski definition) is 3. The maximum atomic E-state index is 12.0. The molecule has 0 radical (unpaired) electrons. The van der Waals surface area contributed by atoms with E-state index in [4.69, 9.17) is 0 Å². The van der Waals surface area contributed by atoms with E-state index in [1.165, 1.54) is 16.3 Å². The van der Waals surface area contributed by atoms with Crippen molar-refractivity contribution in [1.82, 2.24) is 15.5 Å². The molecule has 0 bridgehead atoms. The predicted octanol–water partition coefficient (Wildman–Crippen LogP) is 2.61. The van der Waals surface area contributed by atoms with E-state index in [2.05, 4.69) is 58.0 Å². The van der Waals surface area contributed by atoms with Gasteiger partial charge in [-0.25, -0.2) is 0 Å². The summed E-state index contributed by atoms with van der Waals surface area (Å²) in [6.45, 7) is 6.26. The van der Waals surface area contributed by atoms with Gasteiger partial charge in [-0.2, -0.15) is 0 Å². The van der Waals surface area contributed by atoms with Crippen LogP contribution in [-0.2, 0) is 11.2 Å². The van der Waals surface area contributed by atoms with Crippen LogP contribution in [-0.4, -0.2) is 50.1 Å². The van der Waals surface area contributed by atoms with Crippen LogP contribution in [0, 0.1) is 0 Å². The smallest absolute Gasteiger partial charge is 0.220 e. The largest absolute Gasteiger partial charge is 0.356 e. The third-order valence-corrected chi connectivity index (χ3v) is 4.64. The van der Waals surface area contributed by atoms with Gasteiger partial charge < -0.3 is 15.5 Å². The predicted molar refractivity (Wildman–Crippen MR) is 106 cm³/mol. The molecule has 0 saturated carbocycles. The first-order valence-corrected chi connectivity index (χ1v) is 8.99. The van der Waals surface area contributed by atoms with Crippen molar-refractivity contribution in [2.45, 2.75) is 19.3 Å². The van der Waals surface area contributed by atoms with E-state index in [0.717, 1.165) is 52.1 Å². The Hall–Kier alpha value is -1.62. The van der Waals surface area contributed by atoms with Crippen LogP contribution in [0.15, 0.2) is 42.5 Å². The molecule has 1 aliphatic heterocycles. The van der Waals surface area contributed by atoms with Crippen LogP contribution in [0.3, 0.4) is 0 Å². The molecular formula is C20H28ClN3O. The van der Waals surface area contributed by atoms with Crippen LogP contribution in [0.25, 0.3) is 10.8 Å². The zero-order valence-corrected chi connectivity index (χ0v) is 15.5. The lowest BCUT2D eigenvalue weighted by Crippen LogP contribution is -2.44. The first kappa shape index (κ1) is 19.7. The van der Waals surface area contributed by atoms with E-state index in [1.807, 2.05) is 0 Å². The van der Waals surface area contributed by atoms with Crippen LogP contribution in [0.2, 0.25) is 0 Å². The molecule has 0 aromatic heterocycles. The number of carbonyl (C=O) groups is 1. The third kappa shape index (κ3) is 6.31. The third-order valence-electron chi connectivity index (χ3n) is 4.64. The van der Waals surface area contributed by atoms with E-state index >= 15 is 0 Å². The van der Waals surface area contributed by atoms with Gasteiger partial charge in [-0.05, 0) is 35.7 Å². The number of benzene rings is 2. The average molecular weight is 362 g/mol. The topological polar surface area (TPSA) is 44.4 Å². The van der Waals surface area contributed by atoms with Crippen LogP contribution >= 0.6 is 12.4 Å². The summed E-state index contributed by atoms with van der Waals surface area (Å²) in [5, 5.41) is 8.89. The van der Waals surface area contributed by atoms with Gasteiger partial charge in [-0.3, -0.25) is 4.79 Å². The lowest BCUT2D eigenvalue weighted by atomic mass is 10.0. The number of fused-ring (bicyclic) bond motifs is 1. The molecule has 2 aromatic rings. The van der Waals surface area contributed by atoms with Gasteiger partial charge in [-0.1, -0.05) is 42.5 Å². The number of rotatable bonds is 7. The molecule has 1 amide bonds. The molecule has 1 aliphatic rings. The molecule has 1 saturated heterocycles. The van der Waals surface area contributed by atoms with E-state index < -0.39 is 0 Å². The Morgan fingerprint density at radius 3 is 2.64 bits per heavy atom. The Bertz CT molecular complexity index is 671. The fourth-order valence-electron chi connectivity index (χ4n) is 3.21. The van der Waals surface area contributed by atoms with Gasteiger partial charge >= 0.3 is 0 Å². The van der Waals surface area contributed by atoms with Crippen molar-refractivity contribution in [3.63, 3.8) is 0 Å². The number of aryl methyl sites for hydroxylation is 1. The van der Waals surface area contributed by atoms with Crippen LogP contribution in [0.4, 0.5) is 0 Å². The maximum Gasteiger partial charge on any atom is 0.220 e. The summed E-state index contributed by atoms with van der Waals surface area (Å²) in [5.74, 6) is 0.156. The van der Waals surface area contributed by atoms with Crippen LogP contribution in [0.5, 0.6) is 0 Å². The van der Waals surface area contributed by atoms with Gasteiger partial charge in [0.15, 0.2) is 0 Å². The highest BCUT2D eigenvalue weighted by Crippen LogP contribution is 2.16. The summed E-state index contributed by atoms with van der Waals surface area (Å²) in [6.07, 6.45) is 2.39. The molecule has 0 aliphatic carbocycles. The summed E-state index contributed by atoms with van der Waals surface area (Å²) in [5.41, 5.74) is 1.23. The number of nitrogens with one attached hydrogen (secondary N) is 2. The zero-order valence-electron chi connectivity index (χ0n) is 14.7. The zero-order chi connectivity index (χ0) is 16.6. The molecule has 136 valence electrons. The molecular weight excluding hydrogens is 334 g/mol. The Morgan fingerprint density at radius 2 is 1.84 bits per heavy atom. The first-order chi connectivity index (χ1) is 11.8. The van der Waals surface area contributed by atoms with E-state index in [-0.39, 0.29) is 18.3 Å². The lowest BCUT2D eigenvalue weighted by Gasteiger charge is -2.27. The standard InChI is InChI=1S/C20H27N3O.ClH/c24-20(22-10-3-13-23-14-11-21-12-15-23)9-7-17-6-8-18-4-1-2-5-19(18)16-17;/h1-2,4-6,8,16,21H,3,7,9-15H2,(H,22,24);1H. The number of hydrogen-bond donors (Lipinski definition) is 2. The van der Waals surface area contributed by atoms with Crippen molar-refractivity contribution in [3.8, 4) is 0 Å². The van der Waals surface area contributed by atoms with Gasteiger partial charge in [-0.15, -0.1) is 12.4 Å². The highest BCUT2D eigenvalue weighted by Gasteiger charge is 2.08. The molecule has 0 atom stereocenters. The van der Waals surface area contributed by atoms with Gasteiger partial charge in [0.1, 0.15) is 0 Å². The van der Waals surface area contributed by atoms with Crippen molar-refractivity contribution in [3.05, 3.63) is 48.0 Å².